The zero-order valence-corrected chi connectivity index (χ0v) is 43.1. The number of aliphatic imine (C=N–C) groups is 2. The summed E-state index contributed by atoms with van der Waals surface area (Å²) in [6.45, 7) is 7.29. The largest absolute Gasteiger partial charge is 0.488 e. The van der Waals surface area contributed by atoms with E-state index in [1.165, 1.54) is 14.2 Å². The molecule has 16 nitrogen and oxygen atoms in total. The molecule has 0 spiro atoms. The molecule has 4 N–H and O–H groups in total. The molecule has 4 aromatic carbocycles. The van der Waals surface area contributed by atoms with Gasteiger partial charge >= 0.3 is 11.9 Å². The van der Waals surface area contributed by atoms with E-state index < -0.39 is 24.1 Å². The van der Waals surface area contributed by atoms with Crippen molar-refractivity contribution < 1.29 is 48.2 Å². The van der Waals surface area contributed by atoms with Crippen LogP contribution in [0, 0.1) is 13.8 Å². The second-order valence-corrected chi connectivity index (χ2v) is 18.7. The molecule has 2 aromatic heterocycles. The molecule has 0 amide bonds. The van der Waals surface area contributed by atoms with Crippen molar-refractivity contribution in [3.63, 3.8) is 0 Å². The molecule has 2 aliphatic heterocycles. The molecular weight excluding hydrogens is 988 g/mol. The Balaban J connectivity index is 0.961. The standard InChI is InChI=1S/C56H58Cl2N6O10/c1-33-37(31-73-53-17-51(71-29-35-11-39(21-59-19-35)49-27-63-49)41(13-47(53)57)23-61-25-43(65)15-55(67)69-3)7-5-9-45(33)46-10-6-8-38(34(46)2)32-74-54-18-52(72-30-36-12-40(22-60-20-36)50-28-64-50)42(14-48(54)58)24-62-26-44(66)16-56(68)70-4/h5-14,17-22,43-44,61-62,65-66H,15-16,23-32H2,1-4H3. The van der Waals surface area contributed by atoms with Crippen LogP contribution in [0.15, 0.2) is 108 Å². The highest BCUT2D eigenvalue weighted by Crippen LogP contribution is 2.37. The second-order valence-electron chi connectivity index (χ2n) is 17.9. The average Bonchev–Trinajstić information content (AvgIpc) is 4.34. The van der Waals surface area contributed by atoms with Gasteiger partial charge in [0.2, 0.25) is 0 Å². The Morgan fingerprint density at radius 1 is 0.568 bits per heavy atom. The smallest absolute Gasteiger partial charge is 0.308 e. The van der Waals surface area contributed by atoms with Crippen LogP contribution < -0.4 is 29.6 Å². The van der Waals surface area contributed by atoms with Crippen molar-refractivity contribution in [3.8, 4) is 34.1 Å². The lowest BCUT2D eigenvalue weighted by Gasteiger charge is -2.19. The van der Waals surface area contributed by atoms with E-state index in [9.17, 15) is 19.8 Å². The van der Waals surface area contributed by atoms with Gasteiger partial charge in [0.05, 0.1) is 73.8 Å². The molecule has 0 radical (unpaired) electrons. The van der Waals surface area contributed by atoms with Crippen LogP contribution in [0.2, 0.25) is 10.0 Å². The third-order valence-electron chi connectivity index (χ3n) is 12.5. The van der Waals surface area contributed by atoms with E-state index in [0.717, 1.165) is 78.2 Å². The topological polar surface area (TPSA) is 205 Å². The molecule has 0 fully saturated rings. The van der Waals surface area contributed by atoms with E-state index in [0.29, 0.717) is 59.2 Å². The quantitative estimate of drug-likeness (QED) is 0.0361. The number of methoxy groups -OCH3 is 2. The molecule has 0 saturated carbocycles. The number of esters is 2. The first-order valence-electron chi connectivity index (χ1n) is 24.1. The van der Waals surface area contributed by atoms with Gasteiger partial charge in [-0.25, -0.2) is 0 Å². The highest BCUT2D eigenvalue weighted by Gasteiger charge is 2.20. The van der Waals surface area contributed by atoms with Crippen molar-refractivity contribution in [2.24, 2.45) is 9.98 Å². The number of aliphatic hydroxyl groups excluding tert-OH is 2. The van der Waals surface area contributed by atoms with Crippen molar-refractivity contribution >= 4 is 46.6 Å². The van der Waals surface area contributed by atoms with Gasteiger partial charge in [0, 0.05) is 96.5 Å². The second kappa shape index (κ2) is 25.3. The van der Waals surface area contributed by atoms with Crippen LogP contribution in [0.4, 0.5) is 0 Å². The number of carbonyl (C=O) groups excluding carboxylic acids is 2. The van der Waals surface area contributed by atoms with E-state index in [4.69, 9.17) is 51.6 Å². The van der Waals surface area contributed by atoms with Gasteiger partial charge in [0.1, 0.15) is 49.4 Å². The van der Waals surface area contributed by atoms with Crippen LogP contribution in [0.5, 0.6) is 23.0 Å². The summed E-state index contributed by atoms with van der Waals surface area (Å²) in [4.78, 5) is 40.7. The maximum Gasteiger partial charge on any atom is 0.308 e. The minimum Gasteiger partial charge on any atom is -0.488 e. The molecule has 2 unspecified atom stereocenters. The van der Waals surface area contributed by atoms with Crippen molar-refractivity contribution in [2.45, 2.75) is 78.4 Å². The summed E-state index contributed by atoms with van der Waals surface area (Å²) in [5, 5.41) is 27.9. The Morgan fingerprint density at radius 3 is 1.36 bits per heavy atom. The third kappa shape index (κ3) is 14.6. The molecular formula is C56H58Cl2N6O10. The van der Waals surface area contributed by atoms with Crippen LogP contribution >= 0.6 is 23.2 Å². The number of aliphatic hydroxyl groups is 2. The summed E-state index contributed by atoms with van der Waals surface area (Å²) in [5.41, 5.74) is 13.1. The van der Waals surface area contributed by atoms with Gasteiger partial charge in [-0.05, 0) is 71.5 Å². The number of nitrogens with zero attached hydrogens (tertiary/aromatic N) is 4. The van der Waals surface area contributed by atoms with Crippen LogP contribution in [-0.4, -0.2) is 96.1 Å². The SMILES string of the molecule is COC(=O)CC(O)CNCc1cc(Cl)c(OCc2cccc(-c3cccc(COc4cc(OCc5cncc(C6=NC6)c5)c(CNCC(O)CC(=O)OC)cc4Cl)c3C)c2C)cc1OCc1cncc(C2=NC2)c1. The fourth-order valence-corrected chi connectivity index (χ4v) is 8.63. The number of hydrogen-bond acceptors (Lipinski definition) is 16. The first-order chi connectivity index (χ1) is 35.8. The molecule has 0 saturated heterocycles. The monoisotopic (exact) mass is 1040 g/mol. The minimum atomic E-state index is -0.939. The molecule has 6 aromatic rings. The maximum atomic E-state index is 11.7. The Bertz CT molecular complexity index is 2860. The van der Waals surface area contributed by atoms with E-state index in [1.54, 1.807) is 49.1 Å². The molecule has 2 atom stereocenters. The predicted octanol–water partition coefficient (Wildman–Crippen LogP) is 8.02. The lowest BCUT2D eigenvalue weighted by atomic mass is 9.92. The minimum absolute atomic E-state index is 0.138. The number of ether oxygens (including phenoxy) is 6. The average molecular weight is 1050 g/mol. The number of hydrogen-bond donors (Lipinski definition) is 4. The summed E-state index contributed by atoms with van der Waals surface area (Å²) >= 11 is 13.8. The predicted molar refractivity (Wildman–Crippen MR) is 282 cm³/mol. The lowest BCUT2D eigenvalue weighted by molar-refractivity contribution is -0.143. The highest BCUT2D eigenvalue weighted by molar-refractivity contribution is 6.32. The Labute approximate surface area is 439 Å². The summed E-state index contributed by atoms with van der Waals surface area (Å²) < 4.78 is 35.0. The normalized spacial score (nSPS) is 13.3. The van der Waals surface area contributed by atoms with E-state index >= 15 is 0 Å². The van der Waals surface area contributed by atoms with Gasteiger partial charge in [0.15, 0.2) is 0 Å². The van der Waals surface area contributed by atoms with E-state index in [-0.39, 0.29) is 52.4 Å². The molecule has 4 heterocycles. The zero-order valence-electron chi connectivity index (χ0n) is 41.6. The fourth-order valence-electron chi connectivity index (χ4n) is 8.15. The molecule has 0 aliphatic carbocycles. The van der Waals surface area contributed by atoms with Crippen molar-refractivity contribution in [1.82, 2.24) is 20.6 Å². The van der Waals surface area contributed by atoms with Gasteiger partial charge in [-0.1, -0.05) is 59.6 Å². The van der Waals surface area contributed by atoms with Crippen molar-refractivity contribution in [2.75, 3.05) is 40.4 Å². The molecule has 18 heteroatoms. The van der Waals surface area contributed by atoms with Gasteiger partial charge < -0.3 is 49.3 Å². The van der Waals surface area contributed by atoms with E-state index in [1.807, 2.05) is 36.4 Å². The third-order valence-corrected chi connectivity index (χ3v) is 13.1. The summed E-state index contributed by atoms with van der Waals surface area (Å²) in [6.07, 6.45) is 4.92. The first kappa shape index (κ1) is 53.4. The first-order valence-corrected chi connectivity index (χ1v) is 24.8. The molecule has 386 valence electrons. The lowest BCUT2D eigenvalue weighted by Crippen LogP contribution is -2.28. The maximum absolute atomic E-state index is 11.7. The van der Waals surface area contributed by atoms with Gasteiger partial charge in [0.25, 0.3) is 0 Å². The van der Waals surface area contributed by atoms with Crippen LogP contribution in [0.25, 0.3) is 11.1 Å². The number of carbonyl (C=O) groups is 2. The number of nitrogens with one attached hydrogen (secondary N) is 2. The van der Waals surface area contributed by atoms with E-state index in [2.05, 4.69) is 56.6 Å². The summed E-state index contributed by atoms with van der Waals surface area (Å²) in [7, 11) is 2.57. The summed E-state index contributed by atoms with van der Waals surface area (Å²) in [5.74, 6) is 0.908. The highest BCUT2D eigenvalue weighted by atomic mass is 35.5. The van der Waals surface area contributed by atoms with Gasteiger partial charge in [-0.15, -0.1) is 0 Å². The van der Waals surface area contributed by atoms with Crippen molar-refractivity contribution in [1.29, 1.82) is 0 Å². The van der Waals surface area contributed by atoms with Gasteiger partial charge in [-0.3, -0.25) is 29.5 Å². The Hall–Kier alpha value is -6.92. The number of halogens is 2. The van der Waals surface area contributed by atoms with Crippen LogP contribution in [-0.2, 0) is 58.6 Å². The van der Waals surface area contributed by atoms with Gasteiger partial charge in [-0.2, -0.15) is 0 Å². The zero-order chi connectivity index (χ0) is 52.1. The molecule has 8 rings (SSSR count). The number of aromatic nitrogens is 2. The fraction of sp³-hybridized carbons (Fsp3) is 0.321. The van der Waals surface area contributed by atoms with Crippen molar-refractivity contribution in [3.05, 3.63) is 163 Å². The summed E-state index contributed by atoms with van der Waals surface area (Å²) in [6, 6.07) is 23.3. The van der Waals surface area contributed by atoms with Crippen LogP contribution in [0.1, 0.15) is 68.5 Å². The molecule has 74 heavy (non-hydrogen) atoms. The number of benzene rings is 4. The molecule has 2 aliphatic rings. The number of pyridine rings is 2. The Kier molecular flexibility index (Phi) is 18.3. The molecule has 0 bridgehead atoms. The Morgan fingerprint density at radius 2 is 0.973 bits per heavy atom. The van der Waals surface area contributed by atoms with Crippen LogP contribution in [0.3, 0.4) is 0 Å². The number of rotatable bonds is 27.